The lowest BCUT2D eigenvalue weighted by Crippen LogP contribution is -2.39. The van der Waals surface area contributed by atoms with Crippen LogP contribution in [0.5, 0.6) is 0 Å². The van der Waals surface area contributed by atoms with Crippen molar-refractivity contribution in [2.75, 3.05) is 18.0 Å². The second-order valence-corrected chi connectivity index (χ2v) is 4.34. The molecule has 0 spiro atoms. The van der Waals surface area contributed by atoms with Crippen LogP contribution in [0.25, 0.3) is 0 Å². The first-order valence-electron chi connectivity index (χ1n) is 5.18. The van der Waals surface area contributed by atoms with Crippen molar-refractivity contribution in [1.82, 2.24) is 9.97 Å². The van der Waals surface area contributed by atoms with E-state index in [-0.39, 0.29) is 0 Å². The van der Waals surface area contributed by atoms with Gasteiger partial charge in [-0.05, 0) is 27.7 Å². The fourth-order valence-electron chi connectivity index (χ4n) is 1.44. The number of rotatable bonds is 4. The molecule has 0 saturated carbocycles. The Bertz CT molecular complexity index is 320. The number of hydrogen-bond donors (Lipinski definition) is 1. The molecule has 0 fully saturated rings. The van der Waals surface area contributed by atoms with Gasteiger partial charge in [-0.3, -0.25) is 0 Å². The van der Waals surface area contributed by atoms with Gasteiger partial charge < -0.3 is 10.0 Å². The molecule has 0 atom stereocenters. The van der Waals surface area contributed by atoms with Crippen molar-refractivity contribution in [3.63, 3.8) is 0 Å². The molecule has 4 heteroatoms. The zero-order valence-electron chi connectivity index (χ0n) is 9.86. The Morgan fingerprint density at radius 1 is 1.40 bits per heavy atom. The number of hydrogen-bond acceptors (Lipinski definition) is 4. The molecule has 1 aromatic rings. The molecular formula is C11H19N3O. The summed E-state index contributed by atoms with van der Waals surface area (Å²) in [5.41, 5.74) is 0.226. The van der Waals surface area contributed by atoms with E-state index in [0.29, 0.717) is 6.54 Å². The summed E-state index contributed by atoms with van der Waals surface area (Å²) in [4.78, 5) is 10.3. The molecule has 0 radical (unpaired) electrons. The highest BCUT2D eigenvalue weighted by atomic mass is 16.3. The van der Waals surface area contributed by atoms with Crippen LogP contribution in [0.3, 0.4) is 0 Å². The molecule has 1 rings (SSSR count). The van der Waals surface area contributed by atoms with Crippen LogP contribution < -0.4 is 4.90 Å². The largest absolute Gasteiger partial charge is 0.389 e. The van der Waals surface area contributed by atoms with Crippen molar-refractivity contribution in [3.05, 3.63) is 18.1 Å². The van der Waals surface area contributed by atoms with E-state index in [1.807, 2.05) is 24.8 Å². The maximum Gasteiger partial charge on any atom is 0.132 e. The van der Waals surface area contributed by atoms with Crippen LogP contribution in [-0.4, -0.2) is 33.8 Å². The van der Waals surface area contributed by atoms with Gasteiger partial charge in [-0.25, -0.2) is 9.97 Å². The molecule has 0 amide bonds. The Kier molecular flexibility index (Phi) is 3.63. The predicted octanol–water partition coefficient (Wildman–Crippen LogP) is 1.38. The molecule has 1 aromatic heterocycles. The minimum Gasteiger partial charge on any atom is -0.389 e. The molecule has 0 bridgehead atoms. The third-order valence-electron chi connectivity index (χ3n) is 2.07. The summed E-state index contributed by atoms with van der Waals surface area (Å²) in [7, 11) is 0. The predicted molar refractivity (Wildman–Crippen MR) is 61.0 cm³/mol. The highest BCUT2D eigenvalue weighted by Gasteiger charge is 2.18. The number of aliphatic hydroxyl groups is 1. The van der Waals surface area contributed by atoms with Gasteiger partial charge in [0.2, 0.25) is 0 Å². The van der Waals surface area contributed by atoms with Gasteiger partial charge in [-0.15, -0.1) is 0 Å². The molecule has 1 heterocycles. The van der Waals surface area contributed by atoms with Crippen molar-refractivity contribution >= 4 is 5.82 Å². The maximum absolute atomic E-state index is 9.76. The number of anilines is 1. The third-order valence-corrected chi connectivity index (χ3v) is 2.07. The standard InChI is InChI=1S/C11H19N3O/c1-5-14(7-11(3,4)15)10-6-9(2)12-8-13-10/h6,8,15H,5,7H2,1-4H3. The van der Waals surface area contributed by atoms with E-state index in [9.17, 15) is 5.11 Å². The van der Waals surface area contributed by atoms with E-state index < -0.39 is 5.60 Å². The van der Waals surface area contributed by atoms with E-state index in [2.05, 4.69) is 9.97 Å². The minimum atomic E-state index is -0.713. The summed E-state index contributed by atoms with van der Waals surface area (Å²) in [6, 6.07) is 1.93. The SMILES string of the molecule is CCN(CC(C)(C)O)c1cc(C)ncn1. The Balaban J connectivity index is 2.83. The van der Waals surface area contributed by atoms with Crippen molar-refractivity contribution in [2.24, 2.45) is 0 Å². The average molecular weight is 209 g/mol. The lowest BCUT2D eigenvalue weighted by Gasteiger charge is -2.28. The summed E-state index contributed by atoms with van der Waals surface area (Å²) in [6.45, 7) is 8.96. The van der Waals surface area contributed by atoms with Gasteiger partial charge in [0, 0.05) is 24.8 Å². The summed E-state index contributed by atoms with van der Waals surface area (Å²) in [5, 5.41) is 9.76. The third kappa shape index (κ3) is 3.83. The van der Waals surface area contributed by atoms with Gasteiger partial charge >= 0.3 is 0 Å². The van der Waals surface area contributed by atoms with Crippen molar-refractivity contribution in [3.8, 4) is 0 Å². The highest BCUT2D eigenvalue weighted by molar-refractivity contribution is 5.38. The molecule has 4 nitrogen and oxygen atoms in total. The molecule has 0 unspecified atom stereocenters. The van der Waals surface area contributed by atoms with Crippen LogP contribution in [0.4, 0.5) is 5.82 Å². The number of aryl methyl sites for hydroxylation is 1. The van der Waals surface area contributed by atoms with Crippen LogP contribution >= 0.6 is 0 Å². The number of nitrogens with zero attached hydrogens (tertiary/aromatic N) is 3. The molecule has 0 saturated heterocycles. The van der Waals surface area contributed by atoms with Gasteiger partial charge in [0.1, 0.15) is 12.1 Å². The van der Waals surface area contributed by atoms with Crippen LogP contribution in [0, 0.1) is 6.92 Å². The molecule has 0 aliphatic rings. The zero-order chi connectivity index (χ0) is 11.5. The second-order valence-electron chi connectivity index (χ2n) is 4.34. The first-order chi connectivity index (χ1) is 6.92. The average Bonchev–Trinajstić information content (AvgIpc) is 2.13. The summed E-state index contributed by atoms with van der Waals surface area (Å²) < 4.78 is 0. The van der Waals surface area contributed by atoms with Crippen LogP contribution in [0.15, 0.2) is 12.4 Å². The Morgan fingerprint density at radius 2 is 2.07 bits per heavy atom. The quantitative estimate of drug-likeness (QED) is 0.814. The Hall–Kier alpha value is -1.16. The molecule has 0 aliphatic carbocycles. The summed E-state index contributed by atoms with van der Waals surface area (Å²) in [6.07, 6.45) is 1.55. The van der Waals surface area contributed by atoms with Gasteiger partial charge in [-0.1, -0.05) is 0 Å². The Morgan fingerprint density at radius 3 is 2.53 bits per heavy atom. The normalized spacial score (nSPS) is 11.5. The topological polar surface area (TPSA) is 49.2 Å². The van der Waals surface area contributed by atoms with Gasteiger partial charge in [-0.2, -0.15) is 0 Å². The molecule has 15 heavy (non-hydrogen) atoms. The van der Waals surface area contributed by atoms with Gasteiger partial charge in [0.25, 0.3) is 0 Å². The molecule has 84 valence electrons. The van der Waals surface area contributed by atoms with Crippen LogP contribution in [-0.2, 0) is 0 Å². The second kappa shape index (κ2) is 4.57. The fraction of sp³-hybridized carbons (Fsp3) is 0.636. The number of likely N-dealkylation sites (N-methyl/N-ethyl adjacent to an activating group) is 1. The molecular weight excluding hydrogens is 190 g/mol. The fourth-order valence-corrected chi connectivity index (χ4v) is 1.44. The van der Waals surface area contributed by atoms with E-state index in [4.69, 9.17) is 0 Å². The lowest BCUT2D eigenvalue weighted by atomic mass is 10.1. The number of aromatic nitrogens is 2. The van der Waals surface area contributed by atoms with E-state index in [1.54, 1.807) is 20.2 Å². The first kappa shape index (κ1) is 11.9. The van der Waals surface area contributed by atoms with E-state index in [0.717, 1.165) is 18.1 Å². The van der Waals surface area contributed by atoms with E-state index in [1.165, 1.54) is 0 Å². The Labute approximate surface area is 91.0 Å². The monoisotopic (exact) mass is 209 g/mol. The van der Waals surface area contributed by atoms with Crippen LogP contribution in [0.2, 0.25) is 0 Å². The van der Waals surface area contributed by atoms with Crippen molar-refractivity contribution in [1.29, 1.82) is 0 Å². The molecule has 0 aromatic carbocycles. The first-order valence-corrected chi connectivity index (χ1v) is 5.18. The molecule has 1 N–H and O–H groups in total. The lowest BCUT2D eigenvalue weighted by molar-refractivity contribution is 0.0874. The summed E-state index contributed by atoms with van der Waals surface area (Å²) >= 11 is 0. The molecule has 0 aliphatic heterocycles. The van der Waals surface area contributed by atoms with Crippen molar-refractivity contribution < 1.29 is 5.11 Å². The minimum absolute atomic E-state index is 0.569. The highest BCUT2D eigenvalue weighted by Crippen LogP contribution is 2.14. The van der Waals surface area contributed by atoms with E-state index >= 15 is 0 Å². The summed E-state index contributed by atoms with van der Waals surface area (Å²) in [5.74, 6) is 0.868. The smallest absolute Gasteiger partial charge is 0.132 e. The maximum atomic E-state index is 9.76. The van der Waals surface area contributed by atoms with Crippen molar-refractivity contribution in [2.45, 2.75) is 33.3 Å². The zero-order valence-corrected chi connectivity index (χ0v) is 9.86. The van der Waals surface area contributed by atoms with Crippen LogP contribution in [0.1, 0.15) is 26.5 Å². The van der Waals surface area contributed by atoms with Gasteiger partial charge in [0.15, 0.2) is 0 Å². The van der Waals surface area contributed by atoms with Gasteiger partial charge in [0.05, 0.1) is 5.60 Å².